The third-order valence-corrected chi connectivity index (χ3v) is 4.26. The molecule has 1 heterocycles. The van der Waals surface area contributed by atoms with Crippen LogP contribution in [0.25, 0.3) is 11.0 Å². The number of para-hydroxylation sites is 2. The van der Waals surface area contributed by atoms with Crippen molar-refractivity contribution in [2.45, 2.75) is 19.9 Å². The minimum Gasteiger partial charge on any atom is -0.378 e. The molecular weight excluding hydrogens is 300 g/mol. The molecule has 1 N–H and O–H groups in total. The first kappa shape index (κ1) is 16.1. The van der Waals surface area contributed by atoms with E-state index in [4.69, 9.17) is 0 Å². The van der Waals surface area contributed by atoms with E-state index in [0.717, 1.165) is 28.0 Å². The number of carbonyl (C=O) groups excluding carboxylic acids is 1. The van der Waals surface area contributed by atoms with Crippen LogP contribution in [0.15, 0.2) is 48.8 Å². The predicted molar refractivity (Wildman–Crippen MR) is 98.6 cm³/mol. The van der Waals surface area contributed by atoms with Gasteiger partial charge in [0.1, 0.15) is 6.04 Å². The summed E-state index contributed by atoms with van der Waals surface area (Å²) in [5, 5.41) is 3.02. The Labute approximate surface area is 141 Å². The third kappa shape index (κ3) is 2.97. The lowest BCUT2D eigenvalue weighted by atomic mass is 10.1. The first-order valence-corrected chi connectivity index (χ1v) is 7.98. The second-order valence-electron chi connectivity index (χ2n) is 6.20. The van der Waals surface area contributed by atoms with E-state index in [9.17, 15) is 4.79 Å². The third-order valence-electron chi connectivity index (χ3n) is 4.26. The molecular formula is C19H22N4O. The number of anilines is 2. The van der Waals surface area contributed by atoms with Crippen LogP contribution in [-0.2, 0) is 4.79 Å². The van der Waals surface area contributed by atoms with Crippen LogP contribution in [0.2, 0.25) is 0 Å². The van der Waals surface area contributed by atoms with Crippen molar-refractivity contribution in [1.29, 1.82) is 0 Å². The van der Waals surface area contributed by atoms with Gasteiger partial charge in [-0.1, -0.05) is 12.1 Å². The van der Waals surface area contributed by atoms with Crippen LogP contribution < -0.4 is 10.2 Å². The zero-order chi connectivity index (χ0) is 17.3. The fraction of sp³-hybridized carbons (Fsp3) is 0.263. The Bertz CT molecular complexity index is 882. The Balaban J connectivity index is 1.82. The number of nitrogens with zero attached hydrogens (tertiary/aromatic N) is 3. The highest BCUT2D eigenvalue weighted by atomic mass is 16.2. The van der Waals surface area contributed by atoms with Crippen molar-refractivity contribution < 1.29 is 4.79 Å². The number of hydrogen-bond donors (Lipinski definition) is 1. The van der Waals surface area contributed by atoms with Gasteiger partial charge < -0.3 is 14.8 Å². The molecule has 5 nitrogen and oxygen atoms in total. The lowest BCUT2D eigenvalue weighted by Gasteiger charge is -2.18. The molecule has 0 aliphatic rings. The average Bonchev–Trinajstić information content (AvgIpc) is 2.99. The van der Waals surface area contributed by atoms with E-state index in [1.54, 1.807) is 6.33 Å². The molecule has 0 aliphatic carbocycles. The molecule has 1 unspecified atom stereocenters. The van der Waals surface area contributed by atoms with Crippen LogP contribution in [0.5, 0.6) is 0 Å². The van der Waals surface area contributed by atoms with Crippen LogP contribution >= 0.6 is 0 Å². The van der Waals surface area contributed by atoms with Gasteiger partial charge in [-0.25, -0.2) is 4.98 Å². The maximum Gasteiger partial charge on any atom is 0.247 e. The van der Waals surface area contributed by atoms with E-state index in [1.165, 1.54) is 0 Å². The van der Waals surface area contributed by atoms with Gasteiger partial charge in [-0.15, -0.1) is 0 Å². The molecule has 3 aromatic rings. The maximum atomic E-state index is 12.7. The van der Waals surface area contributed by atoms with E-state index in [0.29, 0.717) is 0 Å². The fourth-order valence-electron chi connectivity index (χ4n) is 2.72. The summed E-state index contributed by atoms with van der Waals surface area (Å²) in [5.74, 6) is -0.0566. The molecule has 0 fully saturated rings. The van der Waals surface area contributed by atoms with E-state index in [-0.39, 0.29) is 11.9 Å². The normalized spacial score (nSPS) is 12.2. The number of aryl methyl sites for hydroxylation is 1. The van der Waals surface area contributed by atoms with Gasteiger partial charge in [0, 0.05) is 25.5 Å². The molecule has 0 saturated carbocycles. The van der Waals surface area contributed by atoms with Gasteiger partial charge in [0.15, 0.2) is 0 Å². The summed E-state index contributed by atoms with van der Waals surface area (Å²) in [5.41, 5.74) is 4.83. The van der Waals surface area contributed by atoms with Crippen molar-refractivity contribution >= 4 is 28.3 Å². The summed E-state index contributed by atoms with van der Waals surface area (Å²) in [6.45, 7) is 3.88. The van der Waals surface area contributed by atoms with Crippen molar-refractivity contribution in [2.75, 3.05) is 24.3 Å². The molecule has 0 aliphatic heterocycles. The molecule has 2 aromatic carbocycles. The van der Waals surface area contributed by atoms with Gasteiger partial charge in [-0.2, -0.15) is 0 Å². The number of amides is 1. The van der Waals surface area contributed by atoms with Crippen LogP contribution in [0, 0.1) is 6.92 Å². The van der Waals surface area contributed by atoms with Crippen LogP contribution in [0.4, 0.5) is 11.4 Å². The SMILES string of the molecule is Cc1cc(N(C)C)ccc1NC(=O)C(C)n1cnc2ccccc21. The molecule has 1 amide bonds. The van der Waals surface area contributed by atoms with Crippen molar-refractivity contribution in [3.8, 4) is 0 Å². The maximum absolute atomic E-state index is 12.7. The molecule has 24 heavy (non-hydrogen) atoms. The summed E-state index contributed by atoms with van der Waals surface area (Å²) in [6.07, 6.45) is 1.72. The highest BCUT2D eigenvalue weighted by molar-refractivity contribution is 5.95. The summed E-state index contributed by atoms with van der Waals surface area (Å²) in [4.78, 5) is 19.1. The number of hydrogen-bond acceptors (Lipinski definition) is 3. The van der Waals surface area contributed by atoms with Crippen LogP contribution in [0.3, 0.4) is 0 Å². The van der Waals surface area contributed by atoms with E-state index in [1.807, 2.05) is 73.8 Å². The molecule has 0 radical (unpaired) electrons. The van der Waals surface area contributed by atoms with Crippen molar-refractivity contribution in [1.82, 2.24) is 9.55 Å². The molecule has 3 rings (SSSR count). The highest BCUT2D eigenvalue weighted by Crippen LogP contribution is 2.23. The zero-order valence-corrected chi connectivity index (χ0v) is 14.4. The largest absolute Gasteiger partial charge is 0.378 e. The lowest BCUT2D eigenvalue weighted by Crippen LogP contribution is -2.23. The predicted octanol–water partition coefficient (Wildman–Crippen LogP) is 3.61. The standard InChI is InChI=1S/C19H22N4O/c1-13-11-15(22(3)4)9-10-16(13)21-19(24)14(2)23-12-20-17-7-5-6-8-18(17)23/h5-12,14H,1-4H3,(H,21,24). The minimum absolute atomic E-state index is 0.0566. The zero-order valence-electron chi connectivity index (χ0n) is 14.4. The topological polar surface area (TPSA) is 50.2 Å². The second kappa shape index (κ2) is 6.35. The van der Waals surface area contributed by atoms with Gasteiger partial charge in [-0.3, -0.25) is 4.79 Å². The number of aromatic nitrogens is 2. The van der Waals surface area contributed by atoms with Gasteiger partial charge in [0.05, 0.1) is 17.4 Å². The number of carbonyl (C=O) groups is 1. The number of rotatable bonds is 4. The number of nitrogens with one attached hydrogen (secondary N) is 1. The molecule has 0 saturated heterocycles. The quantitative estimate of drug-likeness (QED) is 0.798. The molecule has 1 aromatic heterocycles. The molecule has 124 valence electrons. The van der Waals surface area contributed by atoms with Crippen molar-refractivity contribution in [3.63, 3.8) is 0 Å². The monoisotopic (exact) mass is 322 g/mol. The van der Waals surface area contributed by atoms with Gasteiger partial charge >= 0.3 is 0 Å². The van der Waals surface area contributed by atoms with Crippen molar-refractivity contribution in [2.24, 2.45) is 0 Å². The van der Waals surface area contributed by atoms with E-state index < -0.39 is 0 Å². The first-order valence-electron chi connectivity index (χ1n) is 7.98. The molecule has 1 atom stereocenters. The smallest absolute Gasteiger partial charge is 0.247 e. The second-order valence-corrected chi connectivity index (χ2v) is 6.20. The Hall–Kier alpha value is -2.82. The average molecular weight is 322 g/mol. The summed E-state index contributed by atoms with van der Waals surface area (Å²) in [6, 6.07) is 13.5. The number of fused-ring (bicyclic) bond motifs is 1. The molecule has 5 heteroatoms. The van der Waals surface area contributed by atoms with Crippen molar-refractivity contribution in [3.05, 3.63) is 54.4 Å². The Morgan fingerprint density at radius 3 is 2.67 bits per heavy atom. The fourth-order valence-corrected chi connectivity index (χ4v) is 2.72. The Morgan fingerprint density at radius 1 is 1.21 bits per heavy atom. The Kier molecular flexibility index (Phi) is 4.25. The van der Waals surface area contributed by atoms with E-state index >= 15 is 0 Å². The number of benzene rings is 2. The van der Waals surface area contributed by atoms with Crippen LogP contribution in [-0.4, -0.2) is 29.6 Å². The summed E-state index contributed by atoms with van der Waals surface area (Å²) < 4.78 is 1.90. The van der Waals surface area contributed by atoms with Gasteiger partial charge in [-0.05, 0) is 49.7 Å². The lowest BCUT2D eigenvalue weighted by molar-refractivity contribution is -0.118. The van der Waals surface area contributed by atoms with Crippen LogP contribution in [0.1, 0.15) is 18.5 Å². The summed E-state index contributed by atoms with van der Waals surface area (Å²) in [7, 11) is 4.00. The highest BCUT2D eigenvalue weighted by Gasteiger charge is 2.18. The minimum atomic E-state index is -0.342. The number of imidazole rings is 1. The molecule has 0 bridgehead atoms. The van der Waals surface area contributed by atoms with Gasteiger partial charge in [0.25, 0.3) is 0 Å². The van der Waals surface area contributed by atoms with Gasteiger partial charge in [0.2, 0.25) is 5.91 Å². The molecule has 0 spiro atoms. The Morgan fingerprint density at radius 2 is 1.96 bits per heavy atom. The first-order chi connectivity index (χ1) is 11.5. The summed E-state index contributed by atoms with van der Waals surface area (Å²) >= 11 is 0. The van der Waals surface area contributed by atoms with E-state index in [2.05, 4.69) is 16.4 Å².